The molecule has 1 unspecified atom stereocenters. The summed E-state index contributed by atoms with van der Waals surface area (Å²) in [7, 11) is 1.48. The van der Waals surface area contributed by atoms with E-state index in [1.54, 1.807) is 0 Å². The second-order valence-electron chi connectivity index (χ2n) is 7.27. The van der Waals surface area contributed by atoms with Gasteiger partial charge in [0.25, 0.3) is 0 Å². The molecular formula is C22H29NO3. The number of carbonyl (C=O) groups excluding carboxylic acids is 1. The van der Waals surface area contributed by atoms with Crippen LogP contribution in [0, 0.1) is 17.8 Å². The number of rotatable bonds is 5. The number of ether oxygens (including phenoxy) is 2. The molecule has 2 aliphatic rings. The van der Waals surface area contributed by atoms with Crippen LogP contribution in [0.15, 0.2) is 24.3 Å². The highest BCUT2D eigenvalue weighted by molar-refractivity contribution is 5.78. The second-order valence-corrected chi connectivity index (χ2v) is 7.27. The lowest BCUT2D eigenvalue weighted by Crippen LogP contribution is -2.36. The van der Waals surface area contributed by atoms with Gasteiger partial charge < -0.3 is 9.47 Å². The number of nitrogens with zero attached hydrogens (tertiary/aromatic N) is 1. The topological polar surface area (TPSA) is 38.8 Å². The summed E-state index contributed by atoms with van der Waals surface area (Å²) in [6.45, 7) is 4.28. The average molecular weight is 355 g/mol. The molecule has 1 aromatic rings. The zero-order valence-corrected chi connectivity index (χ0v) is 15.7. The van der Waals surface area contributed by atoms with Gasteiger partial charge in [0.15, 0.2) is 0 Å². The fourth-order valence-corrected chi connectivity index (χ4v) is 3.90. The Labute approximate surface area is 156 Å². The Balaban J connectivity index is 1.61. The quantitative estimate of drug-likeness (QED) is 0.601. The SMILES string of the molecule is COC(=O)C(CC1CCCC1)c1ccc(C#CCN2CCOCC2)cc1. The molecule has 26 heavy (non-hydrogen) atoms. The zero-order chi connectivity index (χ0) is 18.2. The van der Waals surface area contributed by atoms with Crippen molar-refractivity contribution in [2.45, 2.75) is 38.0 Å². The van der Waals surface area contributed by atoms with Gasteiger partial charge in [-0.1, -0.05) is 49.7 Å². The van der Waals surface area contributed by atoms with E-state index in [0.29, 0.717) is 5.92 Å². The van der Waals surface area contributed by atoms with Crippen molar-refractivity contribution in [3.05, 3.63) is 35.4 Å². The Morgan fingerprint density at radius 3 is 2.58 bits per heavy atom. The minimum Gasteiger partial charge on any atom is -0.469 e. The third-order valence-electron chi connectivity index (χ3n) is 5.48. The van der Waals surface area contributed by atoms with Gasteiger partial charge in [-0.05, 0) is 30.0 Å². The van der Waals surface area contributed by atoms with E-state index in [4.69, 9.17) is 9.47 Å². The van der Waals surface area contributed by atoms with Gasteiger partial charge in [-0.25, -0.2) is 0 Å². The maximum absolute atomic E-state index is 12.3. The van der Waals surface area contributed by atoms with Crippen molar-refractivity contribution >= 4 is 5.97 Å². The van der Waals surface area contributed by atoms with Gasteiger partial charge in [-0.2, -0.15) is 0 Å². The Hall–Kier alpha value is -1.83. The predicted molar refractivity (Wildman–Crippen MR) is 102 cm³/mol. The van der Waals surface area contributed by atoms with Crippen LogP contribution in [0.2, 0.25) is 0 Å². The van der Waals surface area contributed by atoms with Crippen molar-refractivity contribution < 1.29 is 14.3 Å². The van der Waals surface area contributed by atoms with Crippen molar-refractivity contribution in [1.82, 2.24) is 4.90 Å². The minimum atomic E-state index is -0.154. The van der Waals surface area contributed by atoms with Crippen molar-refractivity contribution in [2.24, 2.45) is 5.92 Å². The summed E-state index contributed by atoms with van der Waals surface area (Å²) in [6.07, 6.45) is 5.94. The molecule has 1 heterocycles. The highest BCUT2D eigenvalue weighted by Gasteiger charge is 2.27. The molecule has 1 aliphatic heterocycles. The van der Waals surface area contributed by atoms with Crippen molar-refractivity contribution in [3.8, 4) is 11.8 Å². The van der Waals surface area contributed by atoms with E-state index >= 15 is 0 Å². The summed E-state index contributed by atoms with van der Waals surface area (Å²) in [5.74, 6) is 6.84. The van der Waals surface area contributed by atoms with Crippen LogP contribution in [0.25, 0.3) is 0 Å². The summed E-state index contributed by atoms with van der Waals surface area (Å²) in [6, 6.07) is 8.11. The molecule has 4 heteroatoms. The molecule has 1 saturated heterocycles. The summed E-state index contributed by atoms with van der Waals surface area (Å²) in [5, 5.41) is 0. The van der Waals surface area contributed by atoms with Crippen LogP contribution in [0.5, 0.6) is 0 Å². The second kappa shape index (κ2) is 9.75. The zero-order valence-electron chi connectivity index (χ0n) is 15.7. The van der Waals surface area contributed by atoms with Crippen LogP contribution >= 0.6 is 0 Å². The number of esters is 1. The van der Waals surface area contributed by atoms with E-state index in [0.717, 1.165) is 50.4 Å². The van der Waals surface area contributed by atoms with Gasteiger partial charge in [-0.3, -0.25) is 9.69 Å². The Kier molecular flexibility index (Phi) is 7.11. The van der Waals surface area contributed by atoms with Crippen molar-refractivity contribution in [3.63, 3.8) is 0 Å². The molecule has 1 atom stereocenters. The number of methoxy groups -OCH3 is 1. The van der Waals surface area contributed by atoms with E-state index in [2.05, 4.69) is 16.7 Å². The van der Waals surface area contributed by atoms with Crippen LogP contribution in [-0.2, 0) is 14.3 Å². The van der Waals surface area contributed by atoms with Crippen molar-refractivity contribution in [1.29, 1.82) is 0 Å². The van der Waals surface area contributed by atoms with E-state index in [9.17, 15) is 4.79 Å². The van der Waals surface area contributed by atoms with Crippen LogP contribution < -0.4 is 0 Å². The predicted octanol–water partition coefficient (Wildman–Crippen LogP) is 3.21. The molecule has 2 fully saturated rings. The van der Waals surface area contributed by atoms with Crippen LogP contribution in [0.3, 0.4) is 0 Å². The van der Waals surface area contributed by atoms with Crippen LogP contribution in [-0.4, -0.2) is 50.8 Å². The van der Waals surface area contributed by atoms with Gasteiger partial charge in [0.1, 0.15) is 0 Å². The van der Waals surface area contributed by atoms with Crippen molar-refractivity contribution in [2.75, 3.05) is 40.0 Å². The van der Waals surface area contributed by atoms with E-state index in [1.807, 2.05) is 24.3 Å². The van der Waals surface area contributed by atoms with E-state index < -0.39 is 0 Å². The molecule has 0 N–H and O–H groups in total. The first-order valence-corrected chi connectivity index (χ1v) is 9.73. The molecule has 0 amide bonds. The Morgan fingerprint density at radius 1 is 1.23 bits per heavy atom. The Bertz CT molecular complexity index is 632. The van der Waals surface area contributed by atoms with Crippen LogP contribution in [0.1, 0.15) is 49.1 Å². The first kappa shape index (κ1) is 18.9. The fraction of sp³-hybridized carbons (Fsp3) is 0.591. The molecule has 1 aromatic carbocycles. The summed E-state index contributed by atoms with van der Waals surface area (Å²) in [4.78, 5) is 14.6. The summed E-state index contributed by atoms with van der Waals surface area (Å²) < 4.78 is 10.4. The minimum absolute atomic E-state index is 0.122. The average Bonchev–Trinajstić information content (AvgIpc) is 3.20. The number of carbonyl (C=O) groups is 1. The van der Waals surface area contributed by atoms with Gasteiger partial charge >= 0.3 is 5.97 Å². The van der Waals surface area contributed by atoms with Gasteiger partial charge in [0.2, 0.25) is 0 Å². The van der Waals surface area contributed by atoms with E-state index in [-0.39, 0.29) is 11.9 Å². The third kappa shape index (κ3) is 5.33. The number of hydrogen-bond acceptors (Lipinski definition) is 4. The molecule has 4 nitrogen and oxygen atoms in total. The molecule has 1 saturated carbocycles. The summed E-state index contributed by atoms with van der Waals surface area (Å²) >= 11 is 0. The number of morpholine rings is 1. The maximum atomic E-state index is 12.3. The standard InChI is InChI=1S/C22H29NO3/c1-25-22(24)21(17-19-5-2-3-6-19)20-10-8-18(9-11-20)7-4-12-23-13-15-26-16-14-23/h8-11,19,21H,2-3,5-6,12-17H2,1H3. The number of hydrogen-bond donors (Lipinski definition) is 0. The van der Waals surface area contributed by atoms with Gasteiger partial charge in [-0.15, -0.1) is 0 Å². The first-order chi connectivity index (χ1) is 12.8. The molecule has 0 radical (unpaired) electrons. The molecule has 0 aromatic heterocycles. The number of benzene rings is 1. The lowest BCUT2D eigenvalue weighted by molar-refractivity contribution is -0.142. The van der Waals surface area contributed by atoms with E-state index in [1.165, 1.54) is 32.8 Å². The first-order valence-electron chi connectivity index (χ1n) is 9.73. The normalized spacial score (nSPS) is 19.6. The fourth-order valence-electron chi connectivity index (χ4n) is 3.90. The maximum Gasteiger partial charge on any atom is 0.313 e. The Morgan fingerprint density at radius 2 is 1.92 bits per heavy atom. The smallest absolute Gasteiger partial charge is 0.313 e. The lowest BCUT2D eigenvalue weighted by Gasteiger charge is -2.24. The highest BCUT2D eigenvalue weighted by atomic mass is 16.5. The third-order valence-corrected chi connectivity index (χ3v) is 5.48. The highest BCUT2D eigenvalue weighted by Crippen LogP contribution is 2.34. The molecule has 1 aliphatic carbocycles. The largest absolute Gasteiger partial charge is 0.469 e. The monoisotopic (exact) mass is 355 g/mol. The molecule has 0 spiro atoms. The van der Waals surface area contributed by atoms with Crippen LogP contribution in [0.4, 0.5) is 0 Å². The lowest BCUT2D eigenvalue weighted by atomic mass is 9.87. The summed E-state index contributed by atoms with van der Waals surface area (Å²) in [5.41, 5.74) is 2.04. The molecule has 3 rings (SSSR count). The van der Waals surface area contributed by atoms with Gasteiger partial charge in [0, 0.05) is 18.7 Å². The van der Waals surface area contributed by atoms with Gasteiger partial charge in [0.05, 0.1) is 32.8 Å². The molecule has 0 bridgehead atoms. The molecule has 140 valence electrons. The molecular weight excluding hydrogens is 326 g/mol.